The van der Waals surface area contributed by atoms with E-state index >= 15 is 0 Å². The van der Waals surface area contributed by atoms with Crippen molar-refractivity contribution in [2.24, 2.45) is 22.7 Å². The van der Waals surface area contributed by atoms with Crippen molar-refractivity contribution in [2.45, 2.75) is 39.8 Å². The first-order valence-corrected chi connectivity index (χ1v) is 6.50. The van der Waals surface area contributed by atoms with Gasteiger partial charge in [-0.2, -0.15) is 13.2 Å². The average molecular weight is 280 g/mol. The lowest BCUT2D eigenvalue weighted by Crippen LogP contribution is -2.38. The highest BCUT2D eigenvalue weighted by molar-refractivity contribution is 7.82. The second-order valence-electron chi connectivity index (χ2n) is 5.90. The molecular weight excluding hydrogens is 265 g/mol. The fourth-order valence-corrected chi connectivity index (χ4v) is 4.57. The highest BCUT2D eigenvalue weighted by atomic mass is 32.1. The number of thiocarbonyl (C=S) groups is 2. The Morgan fingerprint density at radius 3 is 2.18 bits per heavy atom. The van der Waals surface area contributed by atoms with E-state index in [9.17, 15) is 13.2 Å². The topological polar surface area (TPSA) is 0 Å². The Bertz CT molecular complexity index is 397. The van der Waals surface area contributed by atoms with Gasteiger partial charge in [-0.1, -0.05) is 45.2 Å². The Hall–Kier alpha value is -0.0300. The molecular formula is C12H15F3S2. The van der Waals surface area contributed by atoms with Gasteiger partial charge in [0, 0.05) is 16.2 Å². The van der Waals surface area contributed by atoms with Crippen LogP contribution >= 0.6 is 24.4 Å². The lowest BCUT2D eigenvalue weighted by atomic mass is 9.71. The van der Waals surface area contributed by atoms with Gasteiger partial charge in [-0.05, 0) is 24.2 Å². The van der Waals surface area contributed by atoms with Crippen LogP contribution in [0.3, 0.4) is 0 Å². The molecule has 2 bridgehead atoms. The molecule has 96 valence electrons. The summed E-state index contributed by atoms with van der Waals surface area (Å²) in [6.07, 6.45) is -2.72. The Kier molecular flexibility index (Phi) is 2.76. The highest BCUT2D eigenvalue weighted by Crippen LogP contribution is 2.67. The Balaban J connectivity index is 2.42. The first-order chi connectivity index (χ1) is 7.53. The first kappa shape index (κ1) is 13.4. The fraction of sp³-hybridized carbons (Fsp3) is 0.833. The predicted molar refractivity (Wildman–Crippen MR) is 69.4 cm³/mol. The van der Waals surface area contributed by atoms with Gasteiger partial charge in [0.25, 0.3) is 0 Å². The van der Waals surface area contributed by atoms with Gasteiger partial charge < -0.3 is 0 Å². The van der Waals surface area contributed by atoms with E-state index < -0.39 is 17.0 Å². The summed E-state index contributed by atoms with van der Waals surface area (Å²) in [6.45, 7) is 6.04. The van der Waals surface area contributed by atoms with Gasteiger partial charge in [-0.3, -0.25) is 0 Å². The van der Waals surface area contributed by atoms with Crippen molar-refractivity contribution in [3.05, 3.63) is 0 Å². The molecule has 3 unspecified atom stereocenters. The van der Waals surface area contributed by atoms with Gasteiger partial charge >= 0.3 is 6.18 Å². The summed E-state index contributed by atoms with van der Waals surface area (Å²) in [6, 6.07) is 0. The van der Waals surface area contributed by atoms with Crippen LogP contribution in [0, 0.1) is 22.7 Å². The van der Waals surface area contributed by atoms with Gasteiger partial charge in [-0.15, -0.1) is 0 Å². The summed E-state index contributed by atoms with van der Waals surface area (Å²) < 4.78 is 38.3. The molecule has 0 aromatic heterocycles. The minimum atomic E-state index is -4.40. The summed E-state index contributed by atoms with van der Waals surface area (Å²) >= 11 is 9.94. The van der Waals surface area contributed by atoms with Crippen LogP contribution < -0.4 is 0 Å². The largest absolute Gasteiger partial charge is 0.423 e. The van der Waals surface area contributed by atoms with Crippen molar-refractivity contribution in [3.63, 3.8) is 0 Å². The number of halogens is 3. The molecule has 17 heavy (non-hydrogen) atoms. The normalized spacial score (nSPS) is 39.8. The SMILES string of the molecule is CC12CCC(C(C(=S)C(F)(F)F)C1=S)C2(C)C. The number of hydrogen-bond donors (Lipinski definition) is 0. The van der Waals surface area contributed by atoms with Crippen LogP contribution in [0.5, 0.6) is 0 Å². The van der Waals surface area contributed by atoms with Crippen molar-refractivity contribution in [3.8, 4) is 0 Å². The molecule has 0 nitrogen and oxygen atoms in total. The fourth-order valence-electron chi connectivity index (χ4n) is 3.56. The second kappa shape index (κ2) is 3.50. The molecule has 2 fully saturated rings. The summed E-state index contributed by atoms with van der Waals surface area (Å²) in [5.41, 5.74) is -0.447. The van der Waals surface area contributed by atoms with Crippen LogP contribution in [0.15, 0.2) is 0 Å². The summed E-state index contributed by atoms with van der Waals surface area (Å²) in [4.78, 5) is -0.287. The van der Waals surface area contributed by atoms with Crippen molar-refractivity contribution in [2.75, 3.05) is 0 Å². The van der Waals surface area contributed by atoms with E-state index in [1.807, 2.05) is 20.8 Å². The van der Waals surface area contributed by atoms with Crippen LogP contribution in [0.4, 0.5) is 13.2 Å². The number of hydrogen-bond acceptors (Lipinski definition) is 2. The summed E-state index contributed by atoms with van der Waals surface area (Å²) in [7, 11) is 0. The molecule has 0 aromatic rings. The molecule has 2 rings (SSSR count). The molecule has 0 amide bonds. The molecule has 0 N–H and O–H groups in total. The molecule has 0 radical (unpaired) electrons. The molecule has 2 aliphatic carbocycles. The van der Waals surface area contributed by atoms with E-state index in [1.54, 1.807) is 0 Å². The number of fused-ring (bicyclic) bond motifs is 2. The van der Waals surface area contributed by atoms with Gasteiger partial charge in [0.2, 0.25) is 0 Å². The van der Waals surface area contributed by atoms with Crippen molar-refractivity contribution < 1.29 is 13.2 Å². The Morgan fingerprint density at radius 2 is 1.82 bits per heavy atom. The predicted octanol–water partition coefficient (Wildman–Crippen LogP) is 4.36. The third kappa shape index (κ3) is 1.54. The van der Waals surface area contributed by atoms with Crippen molar-refractivity contribution in [1.82, 2.24) is 0 Å². The molecule has 0 saturated heterocycles. The monoisotopic (exact) mass is 280 g/mol. The quantitative estimate of drug-likeness (QED) is 0.654. The standard InChI is InChI=1S/C12H15F3S2/c1-10(2)6-4-5-11(10,3)8(16)7(6)9(17)12(13,14)15/h6-7H,4-5H2,1-3H3. The van der Waals surface area contributed by atoms with Crippen LogP contribution in [-0.2, 0) is 0 Å². The average Bonchev–Trinajstić information content (AvgIpc) is 2.47. The summed E-state index contributed by atoms with van der Waals surface area (Å²) in [5.74, 6) is -0.775. The van der Waals surface area contributed by atoms with Crippen LogP contribution in [0.25, 0.3) is 0 Å². The van der Waals surface area contributed by atoms with E-state index in [-0.39, 0.29) is 16.7 Å². The lowest BCUT2D eigenvalue weighted by Gasteiger charge is -2.34. The van der Waals surface area contributed by atoms with Crippen molar-refractivity contribution >= 4 is 34.2 Å². The van der Waals surface area contributed by atoms with E-state index in [4.69, 9.17) is 12.2 Å². The maximum Gasteiger partial charge on any atom is 0.423 e. The minimum absolute atomic E-state index is 0.0471. The zero-order chi connectivity index (χ0) is 13.2. The molecule has 0 aromatic carbocycles. The van der Waals surface area contributed by atoms with Crippen LogP contribution in [-0.4, -0.2) is 15.9 Å². The molecule has 5 heteroatoms. The van der Waals surface area contributed by atoms with Gasteiger partial charge in [0.05, 0.1) is 0 Å². The second-order valence-corrected chi connectivity index (χ2v) is 6.78. The van der Waals surface area contributed by atoms with E-state index in [0.29, 0.717) is 4.86 Å². The maximum absolute atomic E-state index is 12.8. The van der Waals surface area contributed by atoms with Crippen LogP contribution in [0.2, 0.25) is 0 Å². The van der Waals surface area contributed by atoms with E-state index in [0.717, 1.165) is 12.8 Å². The first-order valence-electron chi connectivity index (χ1n) is 5.69. The Morgan fingerprint density at radius 1 is 1.29 bits per heavy atom. The lowest BCUT2D eigenvalue weighted by molar-refractivity contribution is -0.0602. The van der Waals surface area contributed by atoms with Gasteiger partial charge in [-0.25, -0.2) is 0 Å². The Labute approximate surface area is 110 Å². The van der Waals surface area contributed by atoms with Crippen LogP contribution in [0.1, 0.15) is 33.6 Å². The number of alkyl halides is 3. The summed E-state index contributed by atoms with van der Waals surface area (Å²) in [5, 5.41) is 0. The smallest absolute Gasteiger partial charge is 0.166 e. The molecule has 0 spiro atoms. The zero-order valence-corrected chi connectivity index (χ0v) is 11.7. The number of rotatable bonds is 1. The van der Waals surface area contributed by atoms with Gasteiger partial charge in [0.1, 0.15) is 4.86 Å². The third-order valence-electron chi connectivity index (χ3n) is 5.09. The zero-order valence-electron chi connectivity index (χ0n) is 10.0. The maximum atomic E-state index is 12.8. The third-order valence-corrected chi connectivity index (χ3v) is 6.28. The highest BCUT2D eigenvalue weighted by Gasteiger charge is 2.66. The molecule has 0 aliphatic heterocycles. The van der Waals surface area contributed by atoms with Gasteiger partial charge in [0.15, 0.2) is 0 Å². The molecule has 0 heterocycles. The molecule has 2 saturated carbocycles. The molecule has 2 aliphatic rings. The van der Waals surface area contributed by atoms with E-state index in [2.05, 4.69) is 12.2 Å². The van der Waals surface area contributed by atoms with E-state index in [1.165, 1.54) is 0 Å². The van der Waals surface area contributed by atoms with Crippen molar-refractivity contribution in [1.29, 1.82) is 0 Å². The molecule has 3 atom stereocenters. The minimum Gasteiger partial charge on any atom is -0.166 e.